The van der Waals surface area contributed by atoms with Gasteiger partial charge in [-0.3, -0.25) is 0 Å². The summed E-state index contributed by atoms with van der Waals surface area (Å²) in [5.41, 5.74) is 7.56. The molecule has 96 valence electrons. The van der Waals surface area contributed by atoms with Gasteiger partial charge in [0, 0.05) is 19.5 Å². The molecule has 1 aromatic carbocycles. The number of halogens is 3. The van der Waals surface area contributed by atoms with Crippen LogP contribution in [0.1, 0.15) is 24.0 Å². The molecule has 1 aromatic rings. The Morgan fingerprint density at radius 1 is 1.06 bits per heavy atom. The van der Waals surface area contributed by atoms with Gasteiger partial charge in [-0.1, -0.05) is 24.3 Å². The largest absolute Gasteiger partial charge is 0.389 e. The Hall–Kier alpha value is -1.07. The van der Waals surface area contributed by atoms with Gasteiger partial charge in [0.05, 0.1) is 0 Å². The predicted molar refractivity (Wildman–Crippen MR) is 61.3 cm³/mol. The molecule has 0 spiro atoms. The van der Waals surface area contributed by atoms with Gasteiger partial charge in [-0.05, 0) is 24.1 Å². The van der Waals surface area contributed by atoms with E-state index < -0.39 is 12.6 Å². The molecule has 0 aliphatic carbocycles. The van der Waals surface area contributed by atoms with Crippen molar-refractivity contribution in [1.82, 2.24) is 5.32 Å². The SMILES string of the molecule is NCc1ccc(CNCCCC(F)(F)F)cc1. The highest BCUT2D eigenvalue weighted by Gasteiger charge is 2.25. The van der Waals surface area contributed by atoms with E-state index in [1.54, 1.807) is 0 Å². The monoisotopic (exact) mass is 246 g/mol. The molecule has 2 nitrogen and oxygen atoms in total. The Bertz CT molecular complexity index is 320. The molecule has 0 amide bonds. The van der Waals surface area contributed by atoms with E-state index in [9.17, 15) is 13.2 Å². The van der Waals surface area contributed by atoms with E-state index in [0.29, 0.717) is 19.6 Å². The fraction of sp³-hybridized carbons (Fsp3) is 0.500. The average molecular weight is 246 g/mol. The fourth-order valence-corrected chi connectivity index (χ4v) is 1.44. The smallest absolute Gasteiger partial charge is 0.326 e. The lowest BCUT2D eigenvalue weighted by molar-refractivity contribution is -0.135. The third kappa shape index (κ3) is 6.28. The van der Waals surface area contributed by atoms with Crippen molar-refractivity contribution in [3.8, 4) is 0 Å². The second kappa shape index (κ2) is 6.61. The number of hydrogen-bond donors (Lipinski definition) is 2. The molecule has 0 atom stereocenters. The molecule has 3 N–H and O–H groups in total. The van der Waals surface area contributed by atoms with Crippen molar-refractivity contribution in [3.05, 3.63) is 35.4 Å². The van der Waals surface area contributed by atoms with Crippen molar-refractivity contribution in [2.75, 3.05) is 6.54 Å². The lowest BCUT2D eigenvalue weighted by Gasteiger charge is -2.07. The average Bonchev–Trinajstić information content (AvgIpc) is 2.28. The van der Waals surface area contributed by atoms with Crippen molar-refractivity contribution >= 4 is 0 Å². The molecule has 0 radical (unpaired) electrons. The Morgan fingerprint density at radius 2 is 1.65 bits per heavy atom. The van der Waals surface area contributed by atoms with Gasteiger partial charge in [0.15, 0.2) is 0 Å². The maximum absolute atomic E-state index is 11.8. The van der Waals surface area contributed by atoms with Gasteiger partial charge in [0.2, 0.25) is 0 Å². The first-order valence-electron chi connectivity index (χ1n) is 5.56. The van der Waals surface area contributed by atoms with Crippen molar-refractivity contribution in [2.45, 2.75) is 32.1 Å². The summed E-state index contributed by atoms with van der Waals surface area (Å²) in [6, 6.07) is 7.71. The summed E-state index contributed by atoms with van der Waals surface area (Å²) in [7, 11) is 0. The highest BCUT2D eigenvalue weighted by Crippen LogP contribution is 2.20. The summed E-state index contributed by atoms with van der Waals surface area (Å²) >= 11 is 0. The third-order valence-electron chi connectivity index (χ3n) is 2.40. The molecule has 1 rings (SSSR count). The first-order valence-corrected chi connectivity index (χ1v) is 5.56. The zero-order chi connectivity index (χ0) is 12.7. The standard InChI is InChI=1S/C12H17F3N2/c13-12(14,15)6-1-7-17-9-11-4-2-10(8-16)3-5-11/h2-5,17H,1,6-9,16H2. The van der Waals surface area contributed by atoms with Crippen molar-refractivity contribution in [1.29, 1.82) is 0 Å². The van der Waals surface area contributed by atoms with E-state index in [0.717, 1.165) is 11.1 Å². The van der Waals surface area contributed by atoms with E-state index in [2.05, 4.69) is 5.32 Å². The Morgan fingerprint density at radius 3 is 2.18 bits per heavy atom. The Labute approximate surface area is 99.0 Å². The minimum atomic E-state index is -4.05. The molecule has 0 aliphatic heterocycles. The maximum Gasteiger partial charge on any atom is 0.389 e. The summed E-state index contributed by atoms with van der Waals surface area (Å²) in [6.45, 7) is 1.46. The molecule has 0 unspecified atom stereocenters. The molecule has 0 bridgehead atoms. The van der Waals surface area contributed by atoms with Gasteiger partial charge in [-0.2, -0.15) is 13.2 Å². The third-order valence-corrected chi connectivity index (χ3v) is 2.40. The lowest BCUT2D eigenvalue weighted by atomic mass is 10.1. The quantitative estimate of drug-likeness (QED) is 0.757. The summed E-state index contributed by atoms with van der Waals surface area (Å²) in [6.07, 6.45) is -4.67. The molecule has 0 fully saturated rings. The number of nitrogens with two attached hydrogens (primary N) is 1. The number of alkyl halides is 3. The first-order chi connectivity index (χ1) is 8.01. The van der Waals surface area contributed by atoms with E-state index >= 15 is 0 Å². The van der Waals surface area contributed by atoms with E-state index in [1.165, 1.54) is 0 Å². The van der Waals surface area contributed by atoms with E-state index in [4.69, 9.17) is 5.73 Å². The van der Waals surface area contributed by atoms with Crippen LogP contribution in [0.2, 0.25) is 0 Å². The van der Waals surface area contributed by atoms with Gasteiger partial charge in [-0.15, -0.1) is 0 Å². The molecular weight excluding hydrogens is 229 g/mol. The number of rotatable bonds is 6. The number of nitrogens with one attached hydrogen (secondary N) is 1. The van der Waals surface area contributed by atoms with Crippen LogP contribution in [0.3, 0.4) is 0 Å². The van der Waals surface area contributed by atoms with Crippen LogP contribution in [0.4, 0.5) is 13.2 Å². The van der Waals surface area contributed by atoms with Gasteiger partial charge in [0.25, 0.3) is 0 Å². The highest BCUT2D eigenvalue weighted by atomic mass is 19.4. The summed E-state index contributed by atoms with van der Waals surface area (Å²) < 4.78 is 35.5. The van der Waals surface area contributed by atoms with Crippen molar-refractivity contribution < 1.29 is 13.2 Å². The van der Waals surface area contributed by atoms with Crippen LogP contribution >= 0.6 is 0 Å². The van der Waals surface area contributed by atoms with Crippen LogP contribution in [0.25, 0.3) is 0 Å². The summed E-state index contributed by atoms with van der Waals surface area (Å²) in [5.74, 6) is 0. The summed E-state index contributed by atoms with van der Waals surface area (Å²) in [5, 5.41) is 2.98. The first kappa shape index (κ1) is 14.0. The second-order valence-electron chi connectivity index (χ2n) is 3.92. The molecule has 0 aliphatic rings. The van der Waals surface area contributed by atoms with Crippen LogP contribution in [0, 0.1) is 0 Å². The zero-order valence-electron chi connectivity index (χ0n) is 9.56. The topological polar surface area (TPSA) is 38.0 Å². The number of hydrogen-bond acceptors (Lipinski definition) is 2. The Balaban J connectivity index is 2.18. The van der Waals surface area contributed by atoms with Gasteiger partial charge >= 0.3 is 6.18 Å². The van der Waals surface area contributed by atoms with Crippen LogP contribution in [-0.2, 0) is 13.1 Å². The molecule has 17 heavy (non-hydrogen) atoms. The highest BCUT2D eigenvalue weighted by molar-refractivity contribution is 5.22. The molecule has 0 saturated heterocycles. The Kier molecular flexibility index (Phi) is 5.44. The molecule has 0 heterocycles. The van der Waals surface area contributed by atoms with Crippen molar-refractivity contribution in [2.24, 2.45) is 5.73 Å². The van der Waals surface area contributed by atoms with Gasteiger partial charge in [0.1, 0.15) is 0 Å². The van der Waals surface area contributed by atoms with Crippen LogP contribution in [-0.4, -0.2) is 12.7 Å². The fourth-order valence-electron chi connectivity index (χ4n) is 1.44. The lowest BCUT2D eigenvalue weighted by Crippen LogP contribution is -2.17. The van der Waals surface area contributed by atoms with Gasteiger partial charge < -0.3 is 11.1 Å². The van der Waals surface area contributed by atoms with E-state index in [-0.39, 0.29) is 6.42 Å². The van der Waals surface area contributed by atoms with Crippen LogP contribution in [0.15, 0.2) is 24.3 Å². The maximum atomic E-state index is 11.8. The molecule has 0 aromatic heterocycles. The van der Waals surface area contributed by atoms with Crippen LogP contribution in [0.5, 0.6) is 0 Å². The molecular formula is C12H17F3N2. The minimum Gasteiger partial charge on any atom is -0.326 e. The molecule has 0 saturated carbocycles. The normalized spacial score (nSPS) is 11.8. The van der Waals surface area contributed by atoms with Gasteiger partial charge in [-0.25, -0.2) is 0 Å². The minimum absolute atomic E-state index is 0.115. The van der Waals surface area contributed by atoms with Crippen molar-refractivity contribution in [3.63, 3.8) is 0 Å². The molecule has 5 heteroatoms. The van der Waals surface area contributed by atoms with E-state index in [1.807, 2.05) is 24.3 Å². The predicted octanol–water partition coefficient (Wildman–Crippen LogP) is 2.58. The second-order valence-corrected chi connectivity index (χ2v) is 3.92. The van der Waals surface area contributed by atoms with Crippen LogP contribution < -0.4 is 11.1 Å². The number of benzene rings is 1. The summed E-state index contributed by atoms with van der Waals surface area (Å²) in [4.78, 5) is 0. The zero-order valence-corrected chi connectivity index (χ0v) is 9.56.